The lowest BCUT2D eigenvalue weighted by molar-refractivity contribution is -0.682. The molecule has 2 heterocycles. The highest BCUT2D eigenvalue weighted by atomic mass is 35.5. The Hall–Kier alpha value is -3.42. The van der Waals surface area contributed by atoms with Gasteiger partial charge in [-0.3, -0.25) is 14.9 Å². The number of nitrogens with zero attached hydrogens (tertiary/aromatic N) is 3. The second kappa shape index (κ2) is 8.52. The second-order valence-corrected chi connectivity index (χ2v) is 7.83. The van der Waals surface area contributed by atoms with E-state index < -0.39 is 4.92 Å². The zero-order valence-corrected chi connectivity index (χ0v) is 17.1. The predicted octanol–water partition coefficient (Wildman–Crippen LogP) is 5.21. The fraction of sp³-hybridized carbons (Fsp3) is 0.0455. The van der Waals surface area contributed by atoms with Gasteiger partial charge >= 0.3 is 0 Å². The number of rotatable bonds is 6. The normalized spacial score (nSPS) is 10.7. The van der Waals surface area contributed by atoms with Gasteiger partial charge in [0.05, 0.1) is 16.2 Å². The lowest BCUT2D eigenvalue weighted by Gasteiger charge is -2.00. The molecule has 6 nitrogen and oxygen atoms in total. The highest BCUT2D eigenvalue weighted by Gasteiger charge is 2.15. The molecule has 0 saturated carbocycles. The van der Waals surface area contributed by atoms with Gasteiger partial charge in [-0.2, -0.15) is 4.57 Å². The van der Waals surface area contributed by atoms with Gasteiger partial charge in [0.15, 0.2) is 12.4 Å². The number of carbonyl (C=O) groups is 1. The smallest absolute Gasteiger partial charge is 0.270 e. The summed E-state index contributed by atoms with van der Waals surface area (Å²) < 4.78 is 1.81. The van der Waals surface area contributed by atoms with Crippen LogP contribution in [0.3, 0.4) is 0 Å². The van der Waals surface area contributed by atoms with Gasteiger partial charge in [0.25, 0.3) is 5.69 Å². The number of benzene rings is 2. The molecule has 8 heteroatoms. The predicted molar refractivity (Wildman–Crippen MR) is 116 cm³/mol. The van der Waals surface area contributed by atoms with Gasteiger partial charge < -0.3 is 0 Å². The van der Waals surface area contributed by atoms with Gasteiger partial charge in [-0.15, -0.1) is 11.3 Å². The van der Waals surface area contributed by atoms with E-state index in [1.165, 1.54) is 23.5 Å². The molecule has 0 N–H and O–H groups in total. The molecule has 2 aromatic carbocycles. The molecule has 0 fully saturated rings. The van der Waals surface area contributed by atoms with E-state index in [-0.39, 0.29) is 18.0 Å². The molecule has 148 valence electrons. The average molecular weight is 437 g/mol. The third-order valence-electron chi connectivity index (χ3n) is 4.45. The number of non-ortho nitro benzene ring substituents is 1. The second-order valence-electron chi connectivity index (χ2n) is 6.54. The monoisotopic (exact) mass is 436 g/mol. The van der Waals surface area contributed by atoms with Crippen LogP contribution in [-0.4, -0.2) is 15.7 Å². The molecule has 0 aliphatic heterocycles. The number of aromatic nitrogens is 2. The molecule has 2 aromatic heterocycles. The summed E-state index contributed by atoms with van der Waals surface area (Å²) in [6.45, 7) is 0.193. The van der Waals surface area contributed by atoms with E-state index in [4.69, 9.17) is 11.6 Å². The third-order valence-corrected chi connectivity index (χ3v) is 5.60. The van der Waals surface area contributed by atoms with Crippen molar-refractivity contribution in [3.63, 3.8) is 0 Å². The molecule has 0 saturated heterocycles. The van der Waals surface area contributed by atoms with E-state index in [2.05, 4.69) is 4.98 Å². The molecule has 0 spiro atoms. The van der Waals surface area contributed by atoms with Crippen LogP contribution in [0.2, 0.25) is 5.02 Å². The average Bonchev–Trinajstić information content (AvgIpc) is 3.25. The number of halogens is 1. The van der Waals surface area contributed by atoms with Crippen molar-refractivity contribution >= 4 is 34.4 Å². The first-order valence-electron chi connectivity index (χ1n) is 8.98. The molecule has 30 heavy (non-hydrogen) atoms. The summed E-state index contributed by atoms with van der Waals surface area (Å²) in [6, 6.07) is 17.0. The maximum atomic E-state index is 12.5. The maximum Gasteiger partial charge on any atom is 0.270 e. The van der Waals surface area contributed by atoms with Crippen molar-refractivity contribution in [3.05, 3.63) is 99.1 Å². The minimum Gasteiger partial charge on any atom is -0.287 e. The third kappa shape index (κ3) is 4.42. The van der Waals surface area contributed by atoms with Crippen LogP contribution >= 0.6 is 22.9 Å². The van der Waals surface area contributed by atoms with Crippen LogP contribution in [0.25, 0.3) is 21.8 Å². The Balaban J connectivity index is 1.56. The van der Waals surface area contributed by atoms with Crippen molar-refractivity contribution < 1.29 is 14.3 Å². The van der Waals surface area contributed by atoms with Crippen LogP contribution in [0.15, 0.2) is 78.4 Å². The Labute approximate surface area is 181 Å². The van der Waals surface area contributed by atoms with Crippen LogP contribution in [0.4, 0.5) is 5.69 Å². The number of pyridine rings is 1. The molecule has 0 aliphatic carbocycles. The van der Waals surface area contributed by atoms with E-state index in [0.717, 1.165) is 10.6 Å². The van der Waals surface area contributed by atoms with Gasteiger partial charge in [-0.05, 0) is 30.3 Å². The van der Waals surface area contributed by atoms with Crippen LogP contribution in [-0.2, 0) is 6.54 Å². The van der Waals surface area contributed by atoms with E-state index >= 15 is 0 Å². The van der Waals surface area contributed by atoms with E-state index in [9.17, 15) is 14.9 Å². The molecule has 4 rings (SSSR count). The summed E-state index contributed by atoms with van der Waals surface area (Å²) in [4.78, 5) is 27.7. The largest absolute Gasteiger partial charge is 0.287 e. The highest BCUT2D eigenvalue weighted by molar-refractivity contribution is 7.13. The van der Waals surface area contributed by atoms with Gasteiger partial charge in [0.2, 0.25) is 12.3 Å². The van der Waals surface area contributed by atoms with Crippen LogP contribution in [0, 0.1) is 10.1 Å². The maximum absolute atomic E-state index is 12.5. The van der Waals surface area contributed by atoms with Crippen LogP contribution in [0.1, 0.15) is 10.4 Å². The fourth-order valence-corrected chi connectivity index (χ4v) is 3.90. The Kier molecular flexibility index (Phi) is 5.65. The molecule has 0 aliphatic rings. The number of thiazole rings is 1. The lowest BCUT2D eigenvalue weighted by Crippen LogP contribution is -2.37. The number of Topliss-reactive ketones (excluding diaryl/α,β-unsaturated/α-hetero) is 1. The molecule has 0 atom stereocenters. The van der Waals surface area contributed by atoms with Crippen molar-refractivity contribution in [2.24, 2.45) is 0 Å². The summed E-state index contributed by atoms with van der Waals surface area (Å²) in [5.74, 6) is -0.0229. The highest BCUT2D eigenvalue weighted by Crippen LogP contribution is 2.29. The fourth-order valence-electron chi connectivity index (χ4n) is 2.96. The first kappa shape index (κ1) is 19.9. The van der Waals surface area contributed by atoms with Crippen LogP contribution in [0.5, 0.6) is 0 Å². The zero-order chi connectivity index (χ0) is 21.1. The summed E-state index contributed by atoms with van der Waals surface area (Å²) >= 11 is 7.32. The van der Waals surface area contributed by atoms with Crippen molar-refractivity contribution in [1.29, 1.82) is 0 Å². The van der Waals surface area contributed by atoms with E-state index in [1.807, 2.05) is 29.9 Å². The van der Waals surface area contributed by atoms with Crippen molar-refractivity contribution in [1.82, 2.24) is 4.98 Å². The Morgan fingerprint density at radius 1 is 1.10 bits per heavy atom. The van der Waals surface area contributed by atoms with Gasteiger partial charge in [-0.1, -0.05) is 23.7 Å². The minimum absolute atomic E-state index is 0.0229. The van der Waals surface area contributed by atoms with E-state index in [0.29, 0.717) is 21.8 Å². The molecular weight excluding hydrogens is 422 g/mol. The lowest BCUT2D eigenvalue weighted by atomic mass is 10.1. The van der Waals surface area contributed by atoms with Crippen molar-refractivity contribution in [2.75, 3.05) is 0 Å². The molecule has 0 radical (unpaired) electrons. The Bertz CT molecular complexity index is 1240. The number of hydrogen-bond acceptors (Lipinski definition) is 5. The molecular formula is C22H15ClN3O3S+. The van der Waals surface area contributed by atoms with Crippen molar-refractivity contribution in [2.45, 2.75) is 6.54 Å². The Morgan fingerprint density at radius 2 is 1.87 bits per heavy atom. The topological polar surface area (TPSA) is 77.0 Å². The number of nitro benzene ring substituents is 1. The van der Waals surface area contributed by atoms with Crippen LogP contribution < -0.4 is 4.57 Å². The van der Waals surface area contributed by atoms with Gasteiger partial charge in [0, 0.05) is 39.7 Å². The molecule has 0 unspecified atom stereocenters. The Morgan fingerprint density at radius 3 is 2.63 bits per heavy atom. The van der Waals surface area contributed by atoms with Gasteiger partial charge in [0.1, 0.15) is 5.01 Å². The summed E-state index contributed by atoms with van der Waals surface area (Å²) in [5.41, 5.74) is 2.85. The minimum atomic E-state index is -0.422. The quantitative estimate of drug-likeness (QED) is 0.180. The first-order chi connectivity index (χ1) is 14.5. The van der Waals surface area contributed by atoms with E-state index in [1.54, 1.807) is 41.0 Å². The summed E-state index contributed by atoms with van der Waals surface area (Å²) in [6.07, 6.45) is 3.69. The first-order valence-corrected chi connectivity index (χ1v) is 10.2. The zero-order valence-electron chi connectivity index (χ0n) is 15.6. The molecule has 0 bridgehead atoms. The molecule has 0 amide bonds. The summed E-state index contributed by atoms with van der Waals surface area (Å²) in [5, 5.41) is 14.2. The molecule has 4 aromatic rings. The number of carbonyl (C=O) groups excluding carboxylic acids is 1. The number of hydrogen-bond donors (Lipinski definition) is 0. The number of ketones is 1. The standard InChI is InChI=1S/C22H15ClN3O3S/c23-18-8-6-15(7-9-18)21(27)13-25-10-2-4-17(12-25)22-24-20(14-30-22)16-3-1-5-19(11-16)26(28)29/h1-12,14H,13H2/q+1. The number of nitro groups is 1. The van der Waals surface area contributed by atoms with Gasteiger partial charge in [-0.25, -0.2) is 4.98 Å². The SMILES string of the molecule is O=C(C[n+]1cccc(-c2nc(-c3cccc([N+](=O)[O-])c3)cs2)c1)c1ccc(Cl)cc1. The summed E-state index contributed by atoms with van der Waals surface area (Å²) in [7, 11) is 0. The van der Waals surface area contributed by atoms with Crippen molar-refractivity contribution in [3.8, 4) is 21.8 Å².